The first-order chi connectivity index (χ1) is 9.51. The van der Waals surface area contributed by atoms with Crippen molar-refractivity contribution in [3.8, 4) is 0 Å². The Kier molecular flexibility index (Phi) is 4.23. The number of hydrogen-bond acceptors (Lipinski definition) is 2. The Bertz CT molecular complexity index is 597. The van der Waals surface area contributed by atoms with Crippen LogP contribution in [0.5, 0.6) is 0 Å². The van der Waals surface area contributed by atoms with Gasteiger partial charge in [-0.3, -0.25) is 4.68 Å². The van der Waals surface area contributed by atoms with E-state index in [0.29, 0.717) is 6.54 Å². The maximum absolute atomic E-state index is 11.0. The van der Waals surface area contributed by atoms with E-state index in [1.165, 1.54) is 5.56 Å². The van der Waals surface area contributed by atoms with Gasteiger partial charge >= 0.3 is 5.97 Å². The fourth-order valence-electron chi connectivity index (χ4n) is 2.18. The van der Waals surface area contributed by atoms with E-state index in [2.05, 4.69) is 36.3 Å². The quantitative estimate of drug-likeness (QED) is 0.908. The van der Waals surface area contributed by atoms with Crippen LogP contribution in [0.4, 0.5) is 0 Å². The fourth-order valence-corrected chi connectivity index (χ4v) is 2.18. The number of aryl methyl sites for hydroxylation is 1. The molecule has 0 fully saturated rings. The lowest BCUT2D eigenvalue weighted by atomic mass is 10.1. The Morgan fingerprint density at radius 2 is 1.85 bits per heavy atom. The second-order valence-corrected chi connectivity index (χ2v) is 5.24. The number of aromatic nitrogens is 2. The largest absolute Gasteiger partial charge is 0.476 e. The van der Waals surface area contributed by atoms with Gasteiger partial charge in [-0.2, -0.15) is 5.10 Å². The monoisotopic (exact) mass is 272 g/mol. The molecular weight excluding hydrogens is 252 g/mol. The molecule has 2 rings (SSSR count). The molecule has 0 amide bonds. The molecule has 0 radical (unpaired) electrons. The SMILES string of the molecule is CCc1ccc(Cn2nc(C(=O)O)cc2C(C)C)cc1. The molecule has 0 bridgehead atoms. The van der Waals surface area contributed by atoms with Crippen molar-refractivity contribution < 1.29 is 9.90 Å². The van der Waals surface area contributed by atoms with Gasteiger partial charge in [0.15, 0.2) is 5.69 Å². The minimum atomic E-state index is -0.980. The van der Waals surface area contributed by atoms with E-state index in [9.17, 15) is 4.79 Å². The Morgan fingerprint density at radius 3 is 2.35 bits per heavy atom. The first kappa shape index (κ1) is 14.3. The van der Waals surface area contributed by atoms with Crippen molar-refractivity contribution >= 4 is 5.97 Å². The molecule has 0 unspecified atom stereocenters. The van der Waals surface area contributed by atoms with Crippen LogP contribution < -0.4 is 0 Å². The molecule has 0 aliphatic rings. The van der Waals surface area contributed by atoms with Crippen molar-refractivity contribution in [2.45, 2.75) is 39.7 Å². The number of hydrogen-bond donors (Lipinski definition) is 1. The Balaban J connectivity index is 2.29. The zero-order chi connectivity index (χ0) is 14.7. The summed E-state index contributed by atoms with van der Waals surface area (Å²) >= 11 is 0. The van der Waals surface area contributed by atoms with Crippen LogP contribution in [0, 0.1) is 0 Å². The van der Waals surface area contributed by atoms with E-state index in [0.717, 1.165) is 17.7 Å². The lowest BCUT2D eigenvalue weighted by Crippen LogP contribution is -2.08. The summed E-state index contributed by atoms with van der Waals surface area (Å²) < 4.78 is 1.79. The summed E-state index contributed by atoms with van der Waals surface area (Å²) in [5.74, 6) is -0.738. The van der Waals surface area contributed by atoms with Crippen molar-refractivity contribution in [1.29, 1.82) is 0 Å². The normalized spacial score (nSPS) is 11.0. The molecule has 4 heteroatoms. The van der Waals surface area contributed by atoms with Gasteiger partial charge in [-0.25, -0.2) is 4.79 Å². The average Bonchev–Trinajstić information content (AvgIpc) is 2.84. The summed E-state index contributed by atoms with van der Waals surface area (Å²) in [7, 11) is 0. The number of carboxylic acid groups (broad SMARTS) is 1. The van der Waals surface area contributed by atoms with Crippen molar-refractivity contribution in [2.24, 2.45) is 0 Å². The zero-order valence-electron chi connectivity index (χ0n) is 12.1. The second-order valence-electron chi connectivity index (χ2n) is 5.24. The number of rotatable bonds is 5. The van der Waals surface area contributed by atoms with E-state index in [4.69, 9.17) is 5.11 Å². The molecule has 0 saturated heterocycles. The molecule has 20 heavy (non-hydrogen) atoms. The molecule has 0 spiro atoms. The van der Waals surface area contributed by atoms with Gasteiger partial charge in [0.25, 0.3) is 0 Å². The van der Waals surface area contributed by atoms with E-state index in [-0.39, 0.29) is 11.6 Å². The predicted octanol–water partition coefficient (Wildman–Crippen LogP) is 3.32. The lowest BCUT2D eigenvalue weighted by Gasteiger charge is -2.10. The number of benzene rings is 1. The van der Waals surface area contributed by atoms with Crippen LogP contribution in [0.2, 0.25) is 0 Å². The van der Waals surface area contributed by atoms with Gasteiger partial charge in [0, 0.05) is 5.69 Å². The van der Waals surface area contributed by atoms with Gasteiger partial charge in [0.05, 0.1) is 6.54 Å². The summed E-state index contributed by atoms with van der Waals surface area (Å²) in [5, 5.41) is 13.2. The molecule has 1 aromatic heterocycles. The maximum atomic E-state index is 11.0. The van der Waals surface area contributed by atoms with Crippen molar-refractivity contribution in [3.05, 3.63) is 52.8 Å². The third-order valence-corrected chi connectivity index (χ3v) is 3.39. The van der Waals surface area contributed by atoms with Crippen LogP contribution in [0.1, 0.15) is 54.0 Å². The molecule has 1 N–H and O–H groups in total. The van der Waals surface area contributed by atoms with E-state index in [1.54, 1.807) is 10.7 Å². The lowest BCUT2D eigenvalue weighted by molar-refractivity contribution is 0.0689. The highest BCUT2D eigenvalue weighted by atomic mass is 16.4. The molecule has 0 atom stereocenters. The van der Waals surface area contributed by atoms with Gasteiger partial charge in [0.2, 0.25) is 0 Å². The summed E-state index contributed by atoms with van der Waals surface area (Å²) in [6.45, 7) is 6.81. The van der Waals surface area contributed by atoms with Gasteiger partial charge in [-0.15, -0.1) is 0 Å². The smallest absolute Gasteiger partial charge is 0.356 e. The summed E-state index contributed by atoms with van der Waals surface area (Å²) in [6.07, 6.45) is 1.02. The first-order valence-corrected chi connectivity index (χ1v) is 6.90. The highest BCUT2D eigenvalue weighted by molar-refractivity contribution is 5.85. The van der Waals surface area contributed by atoms with Crippen LogP contribution in [-0.4, -0.2) is 20.9 Å². The molecule has 1 aromatic carbocycles. The molecule has 2 aromatic rings. The topological polar surface area (TPSA) is 55.1 Å². The first-order valence-electron chi connectivity index (χ1n) is 6.90. The standard InChI is InChI=1S/C16H20N2O2/c1-4-12-5-7-13(8-6-12)10-18-15(11(2)3)9-14(17-18)16(19)20/h5-9,11H,4,10H2,1-3H3,(H,19,20). The van der Waals surface area contributed by atoms with Crippen molar-refractivity contribution in [3.63, 3.8) is 0 Å². The fraction of sp³-hybridized carbons (Fsp3) is 0.375. The van der Waals surface area contributed by atoms with Crippen LogP contribution >= 0.6 is 0 Å². The van der Waals surface area contributed by atoms with Gasteiger partial charge in [-0.1, -0.05) is 45.0 Å². The molecule has 0 aliphatic heterocycles. The number of carbonyl (C=O) groups is 1. The van der Waals surface area contributed by atoms with Crippen LogP contribution in [-0.2, 0) is 13.0 Å². The van der Waals surface area contributed by atoms with Gasteiger partial charge in [0.1, 0.15) is 0 Å². The molecule has 106 valence electrons. The second kappa shape index (κ2) is 5.90. The predicted molar refractivity (Wildman–Crippen MR) is 78.2 cm³/mol. The minimum Gasteiger partial charge on any atom is -0.476 e. The molecular formula is C16H20N2O2. The number of carboxylic acids is 1. The van der Waals surface area contributed by atoms with Crippen LogP contribution in [0.15, 0.2) is 30.3 Å². The third-order valence-electron chi connectivity index (χ3n) is 3.39. The summed E-state index contributed by atoms with van der Waals surface area (Å²) in [5.41, 5.74) is 3.48. The molecule has 0 saturated carbocycles. The van der Waals surface area contributed by atoms with E-state index >= 15 is 0 Å². The molecule has 1 heterocycles. The number of nitrogens with zero attached hydrogens (tertiary/aromatic N) is 2. The molecule has 4 nitrogen and oxygen atoms in total. The third kappa shape index (κ3) is 3.07. The zero-order valence-corrected chi connectivity index (χ0v) is 12.1. The van der Waals surface area contributed by atoms with Crippen LogP contribution in [0.25, 0.3) is 0 Å². The van der Waals surface area contributed by atoms with Crippen LogP contribution in [0.3, 0.4) is 0 Å². The Hall–Kier alpha value is -2.10. The van der Waals surface area contributed by atoms with E-state index in [1.807, 2.05) is 13.8 Å². The molecule has 0 aliphatic carbocycles. The Labute approximate surface area is 119 Å². The maximum Gasteiger partial charge on any atom is 0.356 e. The van der Waals surface area contributed by atoms with Gasteiger partial charge in [-0.05, 0) is 29.5 Å². The highest BCUT2D eigenvalue weighted by Gasteiger charge is 2.15. The van der Waals surface area contributed by atoms with E-state index < -0.39 is 5.97 Å². The minimum absolute atomic E-state index is 0.110. The summed E-state index contributed by atoms with van der Waals surface area (Å²) in [4.78, 5) is 11.0. The van der Waals surface area contributed by atoms with Crippen molar-refractivity contribution in [1.82, 2.24) is 9.78 Å². The Morgan fingerprint density at radius 1 is 1.25 bits per heavy atom. The van der Waals surface area contributed by atoms with Crippen molar-refractivity contribution in [2.75, 3.05) is 0 Å². The highest BCUT2D eigenvalue weighted by Crippen LogP contribution is 2.18. The van der Waals surface area contributed by atoms with Gasteiger partial charge < -0.3 is 5.11 Å². The average molecular weight is 272 g/mol. The number of aromatic carboxylic acids is 1. The summed E-state index contributed by atoms with van der Waals surface area (Å²) in [6, 6.07) is 10.0.